The Bertz CT molecular complexity index is 15.5. The van der Waals surface area contributed by atoms with Gasteiger partial charge in [0.15, 0.2) is 0 Å². The van der Waals surface area contributed by atoms with Crippen LogP contribution in [0.2, 0.25) is 0 Å². The van der Waals surface area contributed by atoms with E-state index in [9.17, 15) is 0 Å². The maximum absolute atomic E-state index is 1.50. The van der Waals surface area contributed by atoms with Gasteiger partial charge >= 0.3 is 0 Å². The van der Waals surface area contributed by atoms with Crippen LogP contribution in [0, 0.1) is 0 Å². The van der Waals surface area contributed by atoms with E-state index in [1.165, 1.54) is 38.5 Å². The summed E-state index contributed by atoms with van der Waals surface area (Å²) in [6.45, 7) is 0. The third-order valence-corrected chi connectivity index (χ3v) is 1.50. The van der Waals surface area contributed by atoms with Crippen LogP contribution in [-0.4, -0.2) is 0 Å². The molecule has 0 N–H and O–H groups in total. The van der Waals surface area contributed by atoms with Gasteiger partial charge < -0.3 is 0 Å². The Morgan fingerprint density at radius 1 is 0.833 bits per heavy atom. The lowest BCUT2D eigenvalue weighted by molar-refractivity contribution is 0.504. The third kappa shape index (κ3) is 1.00. The molecule has 1 rings (SSSR count). The third-order valence-electron chi connectivity index (χ3n) is 1.50. The summed E-state index contributed by atoms with van der Waals surface area (Å²) in [5, 5.41) is 0. The van der Waals surface area contributed by atoms with E-state index in [1.54, 1.807) is 0 Å². The molecule has 6 heavy (non-hydrogen) atoms. The zero-order valence-corrected chi connectivity index (χ0v) is 4.24. The summed E-state index contributed by atoms with van der Waals surface area (Å²) in [4.78, 5) is 0. The molecule has 0 nitrogen and oxygen atoms in total. The second kappa shape index (κ2) is 2.22. The molecule has 36 valence electrons. The van der Waals surface area contributed by atoms with Crippen molar-refractivity contribution < 1.29 is 0 Å². The summed E-state index contributed by atoms with van der Waals surface area (Å²) in [6, 6.07) is 0. The van der Waals surface area contributed by atoms with E-state index in [0.717, 1.165) is 0 Å². The van der Waals surface area contributed by atoms with E-state index in [0.29, 0.717) is 0 Å². The fourth-order valence-corrected chi connectivity index (χ4v) is 1.06. The minimum Gasteiger partial charge on any atom is -0.0533 e. The summed E-state index contributed by atoms with van der Waals surface area (Å²) >= 11 is 0. The Hall–Kier alpha value is 0. The highest BCUT2D eigenvalue weighted by Crippen LogP contribution is 2.15. The van der Waals surface area contributed by atoms with Gasteiger partial charge in [-0.1, -0.05) is 38.5 Å². The van der Waals surface area contributed by atoms with Crippen LogP contribution in [0.4, 0.5) is 0 Å². The smallest absolute Gasteiger partial charge is 0.0533 e. The van der Waals surface area contributed by atoms with Gasteiger partial charge in [-0.05, 0) is 0 Å². The van der Waals surface area contributed by atoms with E-state index < -0.39 is 0 Å². The zero-order valence-electron chi connectivity index (χ0n) is 4.24. The molecule has 0 spiro atoms. The molecule has 1 aliphatic rings. The van der Waals surface area contributed by atoms with E-state index in [4.69, 9.17) is 0 Å². The summed E-state index contributed by atoms with van der Waals surface area (Å²) in [7, 11) is 0. The summed E-state index contributed by atoms with van der Waals surface area (Å²) in [5.74, 6) is 0. The molecule has 0 amide bonds. The first kappa shape index (κ1) is 4.17. The lowest BCUT2D eigenvalue weighted by Crippen LogP contribution is -1.85. The number of rotatable bonds is 0. The van der Waals surface area contributed by atoms with Crippen molar-refractivity contribution in [2.75, 3.05) is 0 Å². The van der Waals surface area contributed by atoms with Crippen LogP contribution < -0.4 is 0 Å². The summed E-state index contributed by atoms with van der Waals surface area (Å²) < 4.78 is 0. The molecule has 0 aromatic heterocycles. The van der Waals surface area contributed by atoms with Crippen LogP contribution in [0.1, 0.15) is 38.5 Å². The van der Waals surface area contributed by atoms with Crippen molar-refractivity contribution in [3.05, 3.63) is 0 Å². The van der Waals surface area contributed by atoms with E-state index in [1.807, 2.05) is 0 Å². The largest absolute Gasteiger partial charge is 0.0533 e. The van der Waals surface area contributed by atoms with Gasteiger partial charge in [-0.25, -0.2) is 0 Å². The minimum absolute atomic E-state index is 1.50. The average Bonchev–Trinajstić information content (AvgIpc) is 1.72. The molecule has 1 saturated carbocycles. The first-order valence-electron chi connectivity index (χ1n) is 3.00. The lowest BCUT2D eigenvalue weighted by atomic mass is 9.17. The Balaban J connectivity index is 2.00. The fourth-order valence-electron chi connectivity index (χ4n) is 1.06. The minimum atomic E-state index is 1.50. The molecular weight excluding hydrogens is 70.1 g/mol. The van der Waals surface area contributed by atoms with Crippen LogP contribution in [0.3, 0.4) is 0 Å². The molecule has 0 heterocycles. The van der Waals surface area contributed by atoms with Crippen molar-refractivity contribution in [1.29, 1.82) is 0 Å². The van der Waals surface area contributed by atoms with Gasteiger partial charge in [-0.15, -0.1) is 0 Å². The van der Waals surface area contributed by atoms with Gasteiger partial charge in [0.1, 0.15) is 0 Å². The second-order valence-corrected chi connectivity index (χ2v) is 2.12. The molecule has 0 unspecified atom stereocenters. The van der Waals surface area contributed by atoms with Crippen molar-refractivity contribution in [3.63, 3.8) is 0 Å². The number of hydrogen-bond donors (Lipinski definition) is 0. The summed E-state index contributed by atoms with van der Waals surface area (Å²) in [6.07, 6.45) is 9.00. The van der Waals surface area contributed by atoms with Crippen LogP contribution in [0.15, 0.2) is 0 Å². The highest BCUT2D eigenvalue weighted by atomic mass is 13.9. The van der Waals surface area contributed by atoms with Crippen molar-refractivity contribution in [2.24, 2.45) is 0 Å². The molecule has 0 atom stereocenters. The summed E-state index contributed by atoms with van der Waals surface area (Å²) in [5.41, 5.74) is 0. The van der Waals surface area contributed by atoms with Crippen LogP contribution in [-0.2, 0) is 0 Å². The molecular formula is C6H12. The molecule has 0 saturated heterocycles. The van der Waals surface area contributed by atoms with E-state index >= 15 is 0 Å². The van der Waals surface area contributed by atoms with Crippen LogP contribution >= 0.6 is 0 Å². The zero-order chi connectivity index (χ0) is 4.24. The van der Waals surface area contributed by atoms with Crippen LogP contribution in [0.25, 0.3) is 0 Å². The fraction of sp³-hybridized carbons (Fsp3) is 1.00. The van der Waals surface area contributed by atoms with Crippen molar-refractivity contribution in [3.8, 4) is 0 Å². The van der Waals surface area contributed by atoms with Gasteiger partial charge in [0.25, 0.3) is 0 Å². The first-order chi connectivity index (χ1) is 3.00. The van der Waals surface area contributed by atoms with Crippen molar-refractivity contribution in [2.45, 2.75) is 38.5 Å². The molecule has 0 aromatic carbocycles. The van der Waals surface area contributed by atoms with Gasteiger partial charge in [0.2, 0.25) is 0 Å². The van der Waals surface area contributed by atoms with Gasteiger partial charge in [-0.3, -0.25) is 0 Å². The van der Waals surface area contributed by atoms with E-state index in [-0.39, 0.29) is 0 Å². The maximum Gasteiger partial charge on any atom is -0.0533 e. The Morgan fingerprint density at radius 2 is 1.50 bits per heavy atom. The Kier molecular flexibility index (Phi) is 1.54. The van der Waals surface area contributed by atoms with Crippen molar-refractivity contribution in [1.82, 2.24) is 0 Å². The normalized spacial score (nSPS) is 24.0. The predicted octanol–water partition coefficient (Wildman–Crippen LogP) is 2.34. The number of hydrogen-bond acceptors (Lipinski definition) is 0. The SMILES string of the molecule is C1CC[10CH2]CC1. The Morgan fingerprint density at radius 3 is 1.67 bits per heavy atom. The monoisotopic (exact) mass is 82.1 g/mol. The topological polar surface area (TPSA) is 0 Å². The first-order valence-corrected chi connectivity index (χ1v) is 3.00. The predicted molar refractivity (Wildman–Crippen MR) is 27.7 cm³/mol. The highest BCUT2D eigenvalue weighted by Gasteiger charge is 1.95. The molecule has 1 aliphatic carbocycles. The molecule has 0 bridgehead atoms. The molecule has 0 heteroatoms. The molecule has 0 aromatic rings. The molecule has 1 fully saturated rings. The Labute approximate surface area is 39.6 Å². The second-order valence-electron chi connectivity index (χ2n) is 2.12. The van der Waals surface area contributed by atoms with Gasteiger partial charge in [0, 0.05) is 0 Å². The standard InChI is InChI=1S/C6H12/c1-2-4-6-5-3-1/h1-6H2/i1-2. The van der Waals surface area contributed by atoms with Gasteiger partial charge in [-0.2, -0.15) is 0 Å². The van der Waals surface area contributed by atoms with Crippen molar-refractivity contribution >= 4 is 0 Å². The molecule has 0 aliphatic heterocycles. The van der Waals surface area contributed by atoms with Crippen LogP contribution in [0.5, 0.6) is 0 Å². The van der Waals surface area contributed by atoms with E-state index in [2.05, 4.69) is 0 Å². The quantitative estimate of drug-likeness (QED) is 0.420. The maximum atomic E-state index is 1.50. The molecule has 0 radical (unpaired) electrons. The average molecular weight is 82.2 g/mol. The highest BCUT2D eigenvalue weighted by molar-refractivity contribution is 4.51. The van der Waals surface area contributed by atoms with Gasteiger partial charge in [0.05, 0.1) is 0 Å². The lowest BCUT2D eigenvalue weighted by Gasteiger charge is -2.05.